The molecule has 0 fully saturated rings. The first-order chi connectivity index (χ1) is 6.43. The van der Waals surface area contributed by atoms with Crippen LogP contribution in [0.5, 0.6) is 0 Å². The van der Waals surface area contributed by atoms with Gasteiger partial charge in [-0.2, -0.15) is 0 Å². The van der Waals surface area contributed by atoms with Gasteiger partial charge in [0.05, 0.1) is 5.04 Å². The summed E-state index contributed by atoms with van der Waals surface area (Å²) in [6, 6.07) is 0. The van der Waals surface area contributed by atoms with E-state index < -0.39 is 0 Å². The van der Waals surface area contributed by atoms with Crippen molar-refractivity contribution in [1.82, 2.24) is 0 Å². The van der Waals surface area contributed by atoms with Crippen LogP contribution in [0.3, 0.4) is 0 Å². The van der Waals surface area contributed by atoms with E-state index in [0.717, 1.165) is 6.54 Å². The summed E-state index contributed by atoms with van der Waals surface area (Å²) in [5, 5.41) is 1.42. The summed E-state index contributed by atoms with van der Waals surface area (Å²) in [5.41, 5.74) is 0. The molecule has 0 unspecified atom stereocenters. The summed E-state index contributed by atoms with van der Waals surface area (Å²) in [5.74, 6) is 1.30. The fourth-order valence-corrected chi connectivity index (χ4v) is 2.52. The standard InChI is InChI=1S/C11H21NS/c1-2-3-4-5-6-8-11-12-9-7-10-13-11/h2-10H2,1H3. The molecule has 76 valence electrons. The molecule has 0 bridgehead atoms. The molecule has 0 amide bonds. The van der Waals surface area contributed by atoms with Crippen LogP contribution in [-0.4, -0.2) is 17.3 Å². The van der Waals surface area contributed by atoms with E-state index in [1.165, 1.54) is 55.7 Å². The molecule has 1 heterocycles. The Morgan fingerprint density at radius 1 is 1.23 bits per heavy atom. The second kappa shape index (κ2) is 7.43. The van der Waals surface area contributed by atoms with Crippen LogP contribution in [0.4, 0.5) is 0 Å². The van der Waals surface area contributed by atoms with Gasteiger partial charge in [-0.15, -0.1) is 11.8 Å². The highest BCUT2D eigenvalue weighted by molar-refractivity contribution is 8.13. The predicted molar refractivity (Wildman–Crippen MR) is 62.8 cm³/mol. The van der Waals surface area contributed by atoms with Gasteiger partial charge in [-0.3, -0.25) is 4.99 Å². The van der Waals surface area contributed by atoms with Gasteiger partial charge in [-0.25, -0.2) is 0 Å². The summed E-state index contributed by atoms with van der Waals surface area (Å²) >= 11 is 1.98. The average Bonchev–Trinajstić information content (AvgIpc) is 2.19. The molecule has 1 aliphatic rings. The summed E-state index contributed by atoms with van der Waals surface area (Å²) in [4.78, 5) is 4.53. The van der Waals surface area contributed by atoms with Crippen molar-refractivity contribution in [1.29, 1.82) is 0 Å². The molecule has 0 saturated carbocycles. The maximum absolute atomic E-state index is 4.53. The molecule has 1 rings (SSSR count). The van der Waals surface area contributed by atoms with Crippen LogP contribution >= 0.6 is 11.8 Å². The first-order valence-electron chi connectivity index (χ1n) is 5.59. The fraction of sp³-hybridized carbons (Fsp3) is 0.909. The highest BCUT2D eigenvalue weighted by Gasteiger charge is 2.04. The Hall–Kier alpha value is 0.0200. The van der Waals surface area contributed by atoms with E-state index in [1.807, 2.05) is 11.8 Å². The lowest BCUT2D eigenvalue weighted by Crippen LogP contribution is -2.03. The zero-order valence-electron chi connectivity index (χ0n) is 8.72. The maximum atomic E-state index is 4.53. The van der Waals surface area contributed by atoms with E-state index in [1.54, 1.807) is 0 Å². The van der Waals surface area contributed by atoms with E-state index in [2.05, 4.69) is 11.9 Å². The Labute approximate surface area is 86.4 Å². The number of hydrogen-bond donors (Lipinski definition) is 0. The number of unbranched alkanes of at least 4 members (excludes halogenated alkanes) is 4. The first-order valence-corrected chi connectivity index (χ1v) is 6.58. The third-order valence-electron chi connectivity index (χ3n) is 2.35. The van der Waals surface area contributed by atoms with Gasteiger partial charge >= 0.3 is 0 Å². The molecular weight excluding hydrogens is 178 g/mol. The lowest BCUT2D eigenvalue weighted by atomic mass is 10.1. The van der Waals surface area contributed by atoms with Gasteiger partial charge in [-0.1, -0.05) is 32.6 Å². The topological polar surface area (TPSA) is 12.4 Å². The Morgan fingerprint density at radius 2 is 2.08 bits per heavy atom. The minimum Gasteiger partial charge on any atom is -0.283 e. The van der Waals surface area contributed by atoms with Gasteiger partial charge in [0.2, 0.25) is 0 Å². The number of rotatable bonds is 6. The Morgan fingerprint density at radius 3 is 2.77 bits per heavy atom. The largest absolute Gasteiger partial charge is 0.283 e. The van der Waals surface area contributed by atoms with Crippen LogP contribution in [0.25, 0.3) is 0 Å². The predicted octanol–water partition coefficient (Wildman–Crippen LogP) is 3.88. The molecular formula is C11H21NS. The minimum atomic E-state index is 1.08. The Kier molecular flexibility index (Phi) is 6.34. The SMILES string of the molecule is CCCCCCCC1=NCCCS1. The van der Waals surface area contributed by atoms with Gasteiger partial charge in [0.15, 0.2) is 0 Å². The molecule has 1 nitrogen and oxygen atoms in total. The first kappa shape index (κ1) is 11.1. The molecule has 0 aromatic carbocycles. The van der Waals surface area contributed by atoms with Crippen molar-refractivity contribution in [3.8, 4) is 0 Å². The third-order valence-corrected chi connectivity index (χ3v) is 3.51. The van der Waals surface area contributed by atoms with Crippen LogP contribution in [0, 0.1) is 0 Å². The maximum Gasteiger partial charge on any atom is 0.0675 e. The molecule has 13 heavy (non-hydrogen) atoms. The Balaban J connectivity index is 1.95. The molecule has 0 aromatic rings. The van der Waals surface area contributed by atoms with E-state index >= 15 is 0 Å². The van der Waals surface area contributed by atoms with Crippen molar-refractivity contribution in [2.24, 2.45) is 4.99 Å². The van der Waals surface area contributed by atoms with Crippen LogP contribution in [0.15, 0.2) is 4.99 Å². The number of aliphatic imine (C=N–C) groups is 1. The fourth-order valence-electron chi connectivity index (χ4n) is 1.53. The quantitative estimate of drug-likeness (QED) is 0.591. The lowest BCUT2D eigenvalue weighted by molar-refractivity contribution is 0.644. The second-order valence-corrected chi connectivity index (χ2v) is 4.81. The third kappa shape index (κ3) is 5.35. The van der Waals surface area contributed by atoms with Crippen LogP contribution in [0.1, 0.15) is 51.9 Å². The summed E-state index contributed by atoms with van der Waals surface area (Å²) in [6.45, 7) is 3.35. The van der Waals surface area contributed by atoms with Crippen molar-refractivity contribution >= 4 is 16.8 Å². The molecule has 0 aromatic heterocycles. The summed E-state index contributed by atoms with van der Waals surface area (Å²) in [7, 11) is 0. The molecule has 0 N–H and O–H groups in total. The monoisotopic (exact) mass is 199 g/mol. The number of thioether (sulfide) groups is 1. The van der Waals surface area contributed by atoms with Gasteiger partial charge in [0, 0.05) is 12.3 Å². The summed E-state index contributed by atoms with van der Waals surface area (Å²) in [6.07, 6.45) is 9.43. The van der Waals surface area contributed by atoms with Gasteiger partial charge in [0.25, 0.3) is 0 Å². The second-order valence-electron chi connectivity index (χ2n) is 3.64. The normalized spacial score (nSPS) is 17.2. The van der Waals surface area contributed by atoms with E-state index in [-0.39, 0.29) is 0 Å². The molecule has 0 radical (unpaired) electrons. The number of hydrogen-bond acceptors (Lipinski definition) is 2. The van der Waals surface area contributed by atoms with Crippen LogP contribution in [-0.2, 0) is 0 Å². The van der Waals surface area contributed by atoms with Crippen LogP contribution < -0.4 is 0 Å². The smallest absolute Gasteiger partial charge is 0.0675 e. The minimum absolute atomic E-state index is 1.08. The zero-order valence-corrected chi connectivity index (χ0v) is 9.54. The molecule has 2 heteroatoms. The highest BCUT2D eigenvalue weighted by atomic mass is 32.2. The molecule has 0 atom stereocenters. The van der Waals surface area contributed by atoms with Gasteiger partial charge in [-0.05, 0) is 19.3 Å². The van der Waals surface area contributed by atoms with Crippen molar-refractivity contribution in [3.05, 3.63) is 0 Å². The van der Waals surface area contributed by atoms with E-state index in [0.29, 0.717) is 0 Å². The van der Waals surface area contributed by atoms with Crippen molar-refractivity contribution in [2.75, 3.05) is 12.3 Å². The molecule has 0 saturated heterocycles. The van der Waals surface area contributed by atoms with Crippen molar-refractivity contribution < 1.29 is 0 Å². The van der Waals surface area contributed by atoms with Crippen molar-refractivity contribution in [2.45, 2.75) is 51.9 Å². The number of nitrogens with zero attached hydrogens (tertiary/aromatic N) is 1. The summed E-state index contributed by atoms with van der Waals surface area (Å²) < 4.78 is 0. The molecule has 1 aliphatic heterocycles. The zero-order chi connectivity index (χ0) is 9.36. The average molecular weight is 199 g/mol. The van der Waals surface area contributed by atoms with E-state index in [9.17, 15) is 0 Å². The molecule has 0 spiro atoms. The van der Waals surface area contributed by atoms with Crippen molar-refractivity contribution in [3.63, 3.8) is 0 Å². The lowest BCUT2D eigenvalue weighted by Gasteiger charge is -2.10. The van der Waals surface area contributed by atoms with E-state index in [4.69, 9.17) is 0 Å². The van der Waals surface area contributed by atoms with Crippen LogP contribution in [0.2, 0.25) is 0 Å². The Bertz CT molecular complexity index is 154. The molecule has 0 aliphatic carbocycles. The highest BCUT2D eigenvalue weighted by Crippen LogP contribution is 2.17. The van der Waals surface area contributed by atoms with Gasteiger partial charge in [0.1, 0.15) is 0 Å². The van der Waals surface area contributed by atoms with Gasteiger partial charge < -0.3 is 0 Å².